The predicted molar refractivity (Wildman–Crippen MR) is 119 cm³/mol. The Balaban J connectivity index is 1.54. The molecule has 1 aliphatic rings. The molecule has 8 heteroatoms. The minimum absolute atomic E-state index is 0.171. The maximum absolute atomic E-state index is 13.3. The average molecular weight is 419 g/mol. The number of thiazole rings is 1. The van der Waals surface area contributed by atoms with Crippen LogP contribution in [-0.2, 0) is 20.0 Å². The lowest BCUT2D eigenvalue weighted by Gasteiger charge is -2.20. The second kappa shape index (κ2) is 7.30. The summed E-state index contributed by atoms with van der Waals surface area (Å²) in [5, 5.41) is 8.91. The van der Waals surface area contributed by atoms with Crippen molar-refractivity contribution in [3.05, 3.63) is 58.4 Å². The number of nitrogens with one attached hydrogen (secondary N) is 1. The fraction of sp³-hybridized carbons (Fsp3) is 0.273. The van der Waals surface area contributed by atoms with Gasteiger partial charge < -0.3 is 4.90 Å². The summed E-state index contributed by atoms with van der Waals surface area (Å²) < 4.78 is 1.76. The van der Waals surface area contributed by atoms with E-state index in [9.17, 15) is 4.79 Å². The number of aromatic nitrogens is 4. The minimum atomic E-state index is -0.171. The van der Waals surface area contributed by atoms with E-state index in [1.165, 1.54) is 4.88 Å². The molecule has 1 N–H and O–H groups in total. The maximum Gasteiger partial charge on any atom is 0.258 e. The number of benzene rings is 1. The van der Waals surface area contributed by atoms with Gasteiger partial charge in [0.1, 0.15) is 0 Å². The van der Waals surface area contributed by atoms with Gasteiger partial charge in [-0.05, 0) is 26.1 Å². The van der Waals surface area contributed by atoms with Crippen molar-refractivity contribution in [3.8, 4) is 11.3 Å². The molecule has 0 atom stereocenters. The van der Waals surface area contributed by atoms with E-state index in [2.05, 4.69) is 27.3 Å². The van der Waals surface area contributed by atoms with Gasteiger partial charge in [0.15, 0.2) is 5.13 Å². The third kappa shape index (κ3) is 3.38. The molecular weight excluding hydrogens is 396 g/mol. The Labute approximate surface area is 178 Å². The first-order valence-corrected chi connectivity index (χ1v) is 10.7. The van der Waals surface area contributed by atoms with Gasteiger partial charge in [0, 0.05) is 48.6 Å². The molecule has 30 heavy (non-hydrogen) atoms. The number of amides is 1. The van der Waals surface area contributed by atoms with Crippen LogP contribution in [0.25, 0.3) is 22.2 Å². The van der Waals surface area contributed by atoms with Gasteiger partial charge in [0.25, 0.3) is 5.91 Å². The lowest BCUT2D eigenvalue weighted by molar-refractivity contribution is 0.102. The Morgan fingerprint density at radius 2 is 2.03 bits per heavy atom. The van der Waals surface area contributed by atoms with Crippen molar-refractivity contribution in [3.63, 3.8) is 0 Å². The van der Waals surface area contributed by atoms with Crippen molar-refractivity contribution in [2.75, 3.05) is 18.9 Å². The largest absolute Gasteiger partial charge is 0.301 e. The minimum Gasteiger partial charge on any atom is -0.301 e. The van der Waals surface area contributed by atoms with E-state index in [4.69, 9.17) is 4.98 Å². The molecule has 152 valence electrons. The van der Waals surface area contributed by atoms with Crippen molar-refractivity contribution in [2.45, 2.75) is 19.9 Å². The summed E-state index contributed by atoms with van der Waals surface area (Å²) >= 11 is 1.56. The summed E-state index contributed by atoms with van der Waals surface area (Å²) in [7, 11) is 3.98. The van der Waals surface area contributed by atoms with Crippen LogP contribution in [0.1, 0.15) is 26.6 Å². The van der Waals surface area contributed by atoms with Gasteiger partial charge in [-0.15, -0.1) is 11.3 Å². The van der Waals surface area contributed by atoms with Crippen LogP contribution in [0.2, 0.25) is 0 Å². The molecule has 4 aromatic rings. The highest BCUT2D eigenvalue weighted by Gasteiger charge is 2.21. The number of carbonyl (C=O) groups is 1. The SMILES string of the molecule is Cc1nn(C)cc1-c1cc(C(=O)Nc2nc3c(s2)CN(C)CC3)c2ccccc2n1. The lowest BCUT2D eigenvalue weighted by Crippen LogP contribution is -2.25. The van der Waals surface area contributed by atoms with Crippen molar-refractivity contribution in [2.24, 2.45) is 7.05 Å². The van der Waals surface area contributed by atoms with E-state index in [0.29, 0.717) is 10.7 Å². The van der Waals surface area contributed by atoms with Crippen molar-refractivity contribution < 1.29 is 4.79 Å². The smallest absolute Gasteiger partial charge is 0.258 e. The third-order valence-electron chi connectivity index (χ3n) is 5.39. The molecule has 0 fully saturated rings. The highest BCUT2D eigenvalue weighted by atomic mass is 32.1. The average Bonchev–Trinajstić information content (AvgIpc) is 3.28. The third-order valence-corrected chi connectivity index (χ3v) is 6.39. The molecule has 7 nitrogen and oxygen atoms in total. The zero-order chi connectivity index (χ0) is 20.8. The molecule has 4 heterocycles. The van der Waals surface area contributed by atoms with Crippen LogP contribution in [0.4, 0.5) is 5.13 Å². The lowest BCUT2D eigenvalue weighted by atomic mass is 10.0. The number of pyridine rings is 1. The van der Waals surface area contributed by atoms with Crippen molar-refractivity contribution in [1.82, 2.24) is 24.6 Å². The molecule has 0 saturated carbocycles. The molecule has 0 spiro atoms. The highest BCUT2D eigenvalue weighted by molar-refractivity contribution is 7.15. The zero-order valence-corrected chi connectivity index (χ0v) is 18.0. The maximum atomic E-state index is 13.3. The number of para-hydroxylation sites is 1. The van der Waals surface area contributed by atoms with Crippen LogP contribution in [0, 0.1) is 6.92 Å². The Hall–Kier alpha value is -3.10. The van der Waals surface area contributed by atoms with Gasteiger partial charge in [-0.3, -0.25) is 14.8 Å². The number of likely N-dealkylation sites (N-methyl/N-ethyl adjacent to an activating group) is 1. The first kappa shape index (κ1) is 18.9. The van der Waals surface area contributed by atoms with Crippen molar-refractivity contribution >= 4 is 33.3 Å². The molecule has 1 aromatic carbocycles. The Bertz CT molecular complexity index is 1270. The fourth-order valence-electron chi connectivity index (χ4n) is 3.89. The summed E-state index contributed by atoms with van der Waals surface area (Å²) in [6, 6.07) is 9.57. The number of carbonyl (C=O) groups excluding carboxylic acids is 1. The van der Waals surface area contributed by atoms with Gasteiger partial charge in [-0.1, -0.05) is 18.2 Å². The van der Waals surface area contributed by atoms with E-state index in [-0.39, 0.29) is 5.91 Å². The number of anilines is 1. The number of rotatable bonds is 3. The molecule has 0 bridgehead atoms. The van der Waals surface area contributed by atoms with Crippen LogP contribution < -0.4 is 5.32 Å². The molecule has 5 rings (SSSR count). The Morgan fingerprint density at radius 1 is 1.20 bits per heavy atom. The van der Waals surface area contributed by atoms with Crippen LogP contribution in [0.15, 0.2) is 36.5 Å². The van der Waals surface area contributed by atoms with Crippen LogP contribution in [-0.4, -0.2) is 44.1 Å². The summed E-state index contributed by atoms with van der Waals surface area (Å²) in [5.41, 5.74) is 5.00. The first-order chi connectivity index (χ1) is 14.5. The van der Waals surface area contributed by atoms with E-state index in [1.807, 2.05) is 50.5 Å². The van der Waals surface area contributed by atoms with Gasteiger partial charge >= 0.3 is 0 Å². The van der Waals surface area contributed by atoms with E-state index >= 15 is 0 Å². The quantitative estimate of drug-likeness (QED) is 0.550. The molecular formula is C22H22N6OS. The molecule has 3 aromatic heterocycles. The predicted octanol–water partition coefficient (Wildman–Crippen LogP) is 3.64. The number of nitrogens with zero attached hydrogens (tertiary/aromatic N) is 5. The molecule has 0 aliphatic carbocycles. The van der Waals surface area contributed by atoms with Crippen LogP contribution in [0.5, 0.6) is 0 Å². The monoisotopic (exact) mass is 418 g/mol. The molecule has 1 aliphatic heterocycles. The molecule has 0 radical (unpaired) electrons. The Kier molecular flexibility index (Phi) is 4.60. The zero-order valence-electron chi connectivity index (χ0n) is 17.1. The van der Waals surface area contributed by atoms with Crippen molar-refractivity contribution in [1.29, 1.82) is 0 Å². The first-order valence-electron chi connectivity index (χ1n) is 9.87. The summed E-state index contributed by atoms with van der Waals surface area (Å²) in [4.78, 5) is 26.2. The second-order valence-electron chi connectivity index (χ2n) is 7.70. The normalized spacial score (nSPS) is 14.1. The number of hydrogen-bond donors (Lipinski definition) is 1. The van der Waals surface area contributed by atoms with Crippen LogP contribution >= 0.6 is 11.3 Å². The topological polar surface area (TPSA) is 75.9 Å². The second-order valence-corrected chi connectivity index (χ2v) is 8.79. The molecule has 0 unspecified atom stereocenters. The van der Waals surface area contributed by atoms with Crippen LogP contribution in [0.3, 0.4) is 0 Å². The van der Waals surface area contributed by atoms with E-state index in [1.54, 1.807) is 16.0 Å². The summed E-state index contributed by atoms with van der Waals surface area (Å²) in [6.45, 7) is 3.82. The van der Waals surface area contributed by atoms with E-state index < -0.39 is 0 Å². The van der Waals surface area contributed by atoms with Gasteiger partial charge in [0.2, 0.25) is 0 Å². The Morgan fingerprint density at radius 3 is 2.83 bits per heavy atom. The fourth-order valence-corrected chi connectivity index (χ4v) is 4.98. The molecule has 0 saturated heterocycles. The number of fused-ring (bicyclic) bond motifs is 2. The standard InChI is InChI=1S/C22H22N6OS/c1-13-16(11-28(3)26-13)19-10-15(14-6-4-5-7-17(14)23-19)21(29)25-22-24-18-8-9-27(2)12-20(18)30-22/h4-7,10-11H,8-9,12H2,1-3H3,(H,24,25,29). The van der Waals surface area contributed by atoms with Gasteiger partial charge in [-0.25, -0.2) is 9.97 Å². The highest BCUT2D eigenvalue weighted by Crippen LogP contribution is 2.30. The summed E-state index contributed by atoms with van der Waals surface area (Å²) in [6.07, 6.45) is 2.85. The van der Waals surface area contributed by atoms with Gasteiger partial charge in [0.05, 0.1) is 28.2 Å². The molecule has 1 amide bonds. The number of aryl methyl sites for hydroxylation is 2. The van der Waals surface area contributed by atoms with E-state index in [0.717, 1.165) is 53.1 Å². The summed E-state index contributed by atoms with van der Waals surface area (Å²) in [5.74, 6) is -0.171. The number of hydrogen-bond acceptors (Lipinski definition) is 6. The van der Waals surface area contributed by atoms with Gasteiger partial charge in [-0.2, -0.15) is 5.10 Å².